The molecule has 0 spiro atoms. The molecule has 0 aliphatic carbocycles. The van der Waals surface area contributed by atoms with Gasteiger partial charge in [0.05, 0.1) is 11.2 Å². The maximum absolute atomic E-state index is 10.8. The number of aromatic carboxylic acids is 1. The Labute approximate surface area is 93.9 Å². The Morgan fingerprint density at radius 1 is 1.40 bits per heavy atom. The minimum Gasteiger partial charge on any atom is -0.476 e. The van der Waals surface area contributed by atoms with Gasteiger partial charge < -0.3 is 10.8 Å². The molecule has 15 heavy (non-hydrogen) atoms. The monoisotopic (exact) mass is 266 g/mol. The molecule has 0 bridgehead atoms. The molecule has 0 aliphatic heterocycles. The van der Waals surface area contributed by atoms with Crippen molar-refractivity contribution in [3.8, 4) is 0 Å². The summed E-state index contributed by atoms with van der Waals surface area (Å²) in [5.74, 6) is -1.11. The third-order valence-corrected chi connectivity index (χ3v) is 2.50. The first kappa shape index (κ1) is 9.92. The van der Waals surface area contributed by atoms with Crippen LogP contribution in [0.4, 0.5) is 5.69 Å². The van der Waals surface area contributed by atoms with E-state index in [9.17, 15) is 4.79 Å². The average Bonchev–Trinajstić information content (AvgIpc) is 2.15. The number of aromatic nitrogens is 1. The second kappa shape index (κ2) is 3.51. The van der Waals surface area contributed by atoms with Crippen molar-refractivity contribution in [2.75, 3.05) is 5.73 Å². The van der Waals surface area contributed by atoms with Gasteiger partial charge in [0.15, 0.2) is 5.69 Å². The topological polar surface area (TPSA) is 76.2 Å². The van der Waals surface area contributed by atoms with Crippen molar-refractivity contribution >= 4 is 38.5 Å². The quantitative estimate of drug-likeness (QED) is 0.831. The Hall–Kier alpha value is -1.62. The Kier molecular flexibility index (Phi) is 2.32. The van der Waals surface area contributed by atoms with Crippen molar-refractivity contribution in [2.45, 2.75) is 0 Å². The highest BCUT2D eigenvalue weighted by Gasteiger charge is 2.10. The number of fused-ring (bicyclic) bond motifs is 1. The number of rotatable bonds is 1. The van der Waals surface area contributed by atoms with Gasteiger partial charge in [0.2, 0.25) is 0 Å². The lowest BCUT2D eigenvalue weighted by atomic mass is 10.2. The Bertz CT molecular complexity index is 554. The summed E-state index contributed by atoms with van der Waals surface area (Å²) >= 11 is 3.32. The molecule has 1 heterocycles. The third-order valence-electron chi connectivity index (χ3n) is 2.01. The highest BCUT2D eigenvalue weighted by molar-refractivity contribution is 9.10. The van der Waals surface area contributed by atoms with Crippen LogP contribution in [0.15, 0.2) is 28.7 Å². The van der Waals surface area contributed by atoms with Crippen molar-refractivity contribution in [1.82, 2.24) is 4.98 Å². The summed E-state index contributed by atoms with van der Waals surface area (Å²) in [7, 11) is 0. The molecular weight excluding hydrogens is 260 g/mol. The van der Waals surface area contributed by atoms with Gasteiger partial charge in [0, 0.05) is 9.86 Å². The lowest BCUT2D eigenvalue weighted by Gasteiger charge is -2.03. The minimum absolute atomic E-state index is 0.107. The molecule has 5 heteroatoms. The molecule has 0 saturated carbocycles. The molecule has 1 aromatic carbocycles. The van der Waals surface area contributed by atoms with E-state index in [2.05, 4.69) is 20.9 Å². The molecule has 2 aromatic rings. The molecule has 0 atom stereocenters. The van der Waals surface area contributed by atoms with Crippen LogP contribution in [0.5, 0.6) is 0 Å². The van der Waals surface area contributed by atoms with Gasteiger partial charge in [-0.3, -0.25) is 0 Å². The maximum Gasteiger partial charge on any atom is 0.356 e. The number of nitrogen functional groups attached to an aromatic ring is 1. The fraction of sp³-hybridized carbons (Fsp3) is 0. The fourth-order valence-corrected chi connectivity index (χ4v) is 1.71. The standard InChI is InChI=1S/C10H7BrN2O2/c11-6-1-2-8-5(3-6)4-7(12)9(13-8)10(14)15/h1-4H,12H2,(H,14,15). The highest BCUT2D eigenvalue weighted by atomic mass is 79.9. The number of carbonyl (C=O) groups is 1. The van der Waals surface area contributed by atoms with Crippen LogP contribution in [-0.4, -0.2) is 16.1 Å². The summed E-state index contributed by atoms with van der Waals surface area (Å²) in [6, 6.07) is 6.99. The number of carboxylic acids is 1. The fourth-order valence-electron chi connectivity index (χ4n) is 1.33. The van der Waals surface area contributed by atoms with Crippen LogP contribution in [0.2, 0.25) is 0 Å². The average molecular weight is 267 g/mol. The second-order valence-electron chi connectivity index (χ2n) is 3.07. The number of hydrogen-bond acceptors (Lipinski definition) is 3. The molecule has 0 amide bonds. The lowest BCUT2D eigenvalue weighted by Crippen LogP contribution is -2.05. The van der Waals surface area contributed by atoms with Gasteiger partial charge in [-0.15, -0.1) is 0 Å². The number of carboxylic acid groups (broad SMARTS) is 1. The van der Waals surface area contributed by atoms with Crippen LogP contribution in [0.3, 0.4) is 0 Å². The smallest absolute Gasteiger partial charge is 0.356 e. The van der Waals surface area contributed by atoms with E-state index in [1.54, 1.807) is 18.2 Å². The molecule has 0 aliphatic rings. The van der Waals surface area contributed by atoms with Gasteiger partial charge in [-0.25, -0.2) is 9.78 Å². The van der Waals surface area contributed by atoms with Gasteiger partial charge in [-0.05, 0) is 24.3 Å². The largest absolute Gasteiger partial charge is 0.476 e. The van der Waals surface area contributed by atoms with Crippen LogP contribution in [0.1, 0.15) is 10.5 Å². The van der Waals surface area contributed by atoms with E-state index in [1.165, 1.54) is 0 Å². The number of hydrogen-bond donors (Lipinski definition) is 2. The van der Waals surface area contributed by atoms with Gasteiger partial charge in [0.1, 0.15) is 0 Å². The van der Waals surface area contributed by atoms with E-state index in [-0.39, 0.29) is 11.4 Å². The Morgan fingerprint density at radius 3 is 2.80 bits per heavy atom. The molecule has 4 nitrogen and oxygen atoms in total. The number of nitrogens with zero attached hydrogens (tertiary/aromatic N) is 1. The Morgan fingerprint density at radius 2 is 2.13 bits per heavy atom. The molecule has 0 radical (unpaired) electrons. The van der Waals surface area contributed by atoms with Crippen molar-refractivity contribution in [2.24, 2.45) is 0 Å². The molecule has 0 saturated heterocycles. The Balaban J connectivity index is 2.76. The first-order chi connectivity index (χ1) is 7.08. The van der Waals surface area contributed by atoms with Crippen molar-refractivity contribution in [3.05, 3.63) is 34.4 Å². The summed E-state index contributed by atoms with van der Waals surface area (Å²) < 4.78 is 0.902. The van der Waals surface area contributed by atoms with Crippen molar-refractivity contribution in [3.63, 3.8) is 0 Å². The van der Waals surface area contributed by atoms with Crippen LogP contribution in [0.25, 0.3) is 10.9 Å². The van der Waals surface area contributed by atoms with Crippen LogP contribution in [-0.2, 0) is 0 Å². The summed E-state index contributed by atoms with van der Waals surface area (Å²) in [5.41, 5.74) is 6.26. The zero-order valence-electron chi connectivity index (χ0n) is 7.57. The number of halogens is 1. The molecule has 1 aromatic heterocycles. The summed E-state index contributed by atoms with van der Waals surface area (Å²) in [6.45, 7) is 0. The molecular formula is C10H7BrN2O2. The van der Waals surface area contributed by atoms with E-state index < -0.39 is 5.97 Å². The van der Waals surface area contributed by atoms with E-state index >= 15 is 0 Å². The first-order valence-electron chi connectivity index (χ1n) is 4.17. The number of nitrogens with two attached hydrogens (primary N) is 1. The van der Waals surface area contributed by atoms with Crippen molar-refractivity contribution in [1.29, 1.82) is 0 Å². The lowest BCUT2D eigenvalue weighted by molar-refractivity contribution is 0.0692. The van der Waals surface area contributed by atoms with Gasteiger partial charge >= 0.3 is 5.97 Å². The van der Waals surface area contributed by atoms with Crippen LogP contribution in [0, 0.1) is 0 Å². The van der Waals surface area contributed by atoms with Crippen LogP contribution >= 0.6 is 15.9 Å². The summed E-state index contributed by atoms with van der Waals surface area (Å²) in [6.07, 6.45) is 0. The molecule has 76 valence electrons. The number of pyridine rings is 1. The zero-order valence-corrected chi connectivity index (χ0v) is 9.15. The molecule has 3 N–H and O–H groups in total. The van der Waals surface area contributed by atoms with Crippen molar-refractivity contribution < 1.29 is 9.90 Å². The molecule has 0 fully saturated rings. The molecule has 0 unspecified atom stereocenters. The van der Waals surface area contributed by atoms with E-state index in [0.29, 0.717) is 5.52 Å². The number of anilines is 1. The second-order valence-corrected chi connectivity index (χ2v) is 3.98. The summed E-state index contributed by atoms with van der Waals surface area (Å²) in [5, 5.41) is 9.64. The normalized spacial score (nSPS) is 10.5. The van der Waals surface area contributed by atoms with E-state index in [0.717, 1.165) is 9.86 Å². The molecule has 2 rings (SSSR count). The van der Waals surface area contributed by atoms with E-state index in [4.69, 9.17) is 10.8 Å². The van der Waals surface area contributed by atoms with Gasteiger partial charge in [0.25, 0.3) is 0 Å². The number of benzene rings is 1. The first-order valence-corrected chi connectivity index (χ1v) is 4.96. The maximum atomic E-state index is 10.8. The van der Waals surface area contributed by atoms with E-state index in [1.807, 2.05) is 6.07 Å². The van der Waals surface area contributed by atoms with Gasteiger partial charge in [-0.2, -0.15) is 0 Å². The summed E-state index contributed by atoms with van der Waals surface area (Å²) in [4.78, 5) is 14.8. The SMILES string of the molecule is Nc1cc2cc(Br)ccc2nc1C(=O)O. The van der Waals surface area contributed by atoms with Crippen LogP contribution < -0.4 is 5.73 Å². The zero-order chi connectivity index (χ0) is 11.0. The predicted octanol–water partition coefficient (Wildman–Crippen LogP) is 2.28. The highest BCUT2D eigenvalue weighted by Crippen LogP contribution is 2.22. The minimum atomic E-state index is -1.11. The third kappa shape index (κ3) is 1.78. The predicted molar refractivity (Wildman–Crippen MR) is 60.8 cm³/mol. The van der Waals surface area contributed by atoms with Gasteiger partial charge in [-0.1, -0.05) is 15.9 Å².